The molecule has 258 valence electrons. The van der Waals surface area contributed by atoms with Crippen molar-refractivity contribution in [3.05, 3.63) is 199 Å². The first kappa shape index (κ1) is 35.7. The zero-order valence-corrected chi connectivity index (χ0v) is 31.2. The van der Waals surface area contributed by atoms with Crippen molar-refractivity contribution in [2.75, 3.05) is 9.80 Å². The van der Waals surface area contributed by atoms with E-state index in [0.29, 0.717) is 0 Å². The number of para-hydroxylation sites is 1. The highest BCUT2D eigenvalue weighted by Crippen LogP contribution is 2.49. The van der Waals surface area contributed by atoms with Gasteiger partial charge in [0.05, 0.1) is 22.8 Å². The predicted octanol–water partition coefficient (Wildman–Crippen LogP) is 14.7. The SMILES string of the molecule is C=CC/C=C1/c2cc(-c3ccc(N(C(=C=CC)C(/C=C\CC)=C(C)C)c4ccc5ccccc5c4)c(C(=C)/C=C\C)c3)ccc2N1c1ccccc1. The average Bonchev–Trinajstić information content (AvgIpc) is 3.16. The third kappa shape index (κ3) is 7.21. The first-order valence-electron chi connectivity index (χ1n) is 18.2. The summed E-state index contributed by atoms with van der Waals surface area (Å²) in [4.78, 5) is 4.68. The largest absolute Gasteiger partial charge is 0.309 e. The smallest absolute Gasteiger partial charge is 0.0960 e. The predicted molar refractivity (Wildman–Crippen MR) is 228 cm³/mol. The van der Waals surface area contributed by atoms with Gasteiger partial charge in [-0.2, -0.15) is 0 Å². The number of hydrogen-bond acceptors (Lipinski definition) is 2. The lowest BCUT2D eigenvalue weighted by molar-refractivity contribution is 1.14. The molecule has 0 N–H and O–H groups in total. The Bertz CT molecular complexity index is 2320. The lowest BCUT2D eigenvalue weighted by Gasteiger charge is -2.39. The molecule has 0 aromatic heterocycles. The summed E-state index contributed by atoms with van der Waals surface area (Å²) >= 11 is 0. The van der Waals surface area contributed by atoms with Gasteiger partial charge in [0.1, 0.15) is 0 Å². The third-order valence-electron chi connectivity index (χ3n) is 9.34. The van der Waals surface area contributed by atoms with Crippen molar-refractivity contribution in [1.82, 2.24) is 0 Å². The normalized spacial score (nSPS) is 12.8. The Morgan fingerprint density at radius 3 is 2.25 bits per heavy atom. The molecule has 2 nitrogen and oxygen atoms in total. The number of benzene rings is 5. The highest BCUT2D eigenvalue weighted by molar-refractivity contribution is 6.04. The van der Waals surface area contributed by atoms with Crippen molar-refractivity contribution >= 4 is 44.8 Å². The highest BCUT2D eigenvalue weighted by Gasteiger charge is 2.30. The lowest BCUT2D eigenvalue weighted by Crippen LogP contribution is -2.26. The Balaban J connectivity index is 1.55. The van der Waals surface area contributed by atoms with E-state index in [-0.39, 0.29) is 0 Å². The molecule has 0 fully saturated rings. The first-order chi connectivity index (χ1) is 25.4. The van der Waals surface area contributed by atoms with Crippen molar-refractivity contribution in [1.29, 1.82) is 0 Å². The van der Waals surface area contributed by atoms with Crippen LogP contribution in [0.25, 0.3) is 33.2 Å². The molecule has 5 aromatic carbocycles. The van der Waals surface area contributed by atoms with E-state index in [4.69, 9.17) is 0 Å². The molecule has 0 unspecified atom stereocenters. The minimum Gasteiger partial charge on any atom is -0.309 e. The monoisotopic (exact) mass is 676 g/mol. The fourth-order valence-electron chi connectivity index (χ4n) is 6.85. The van der Waals surface area contributed by atoms with Gasteiger partial charge in [0.25, 0.3) is 0 Å². The molecule has 0 atom stereocenters. The van der Waals surface area contributed by atoms with Crippen molar-refractivity contribution in [2.45, 2.75) is 47.5 Å². The Morgan fingerprint density at radius 2 is 1.54 bits per heavy atom. The minimum atomic E-state index is 0.804. The van der Waals surface area contributed by atoms with E-state index in [2.05, 4.69) is 189 Å². The van der Waals surface area contributed by atoms with Crippen molar-refractivity contribution in [3.63, 3.8) is 0 Å². The number of rotatable bonds is 12. The van der Waals surface area contributed by atoms with Gasteiger partial charge in [-0.25, -0.2) is 0 Å². The van der Waals surface area contributed by atoms with Crippen LogP contribution in [-0.2, 0) is 0 Å². The molecule has 0 saturated carbocycles. The summed E-state index contributed by atoms with van der Waals surface area (Å²) in [5.74, 6) is 0. The summed E-state index contributed by atoms with van der Waals surface area (Å²) in [5, 5.41) is 2.39. The van der Waals surface area contributed by atoms with Gasteiger partial charge in [0.2, 0.25) is 0 Å². The number of nitrogens with zero attached hydrogens (tertiary/aromatic N) is 2. The molecule has 0 amide bonds. The molecular formula is C50H48N2. The third-order valence-corrected chi connectivity index (χ3v) is 9.34. The molecular weight excluding hydrogens is 629 g/mol. The Labute approximate surface area is 310 Å². The van der Waals surface area contributed by atoms with E-state index >= 15 is 0 Å². The number of hydrogen-bond donors (Lipinski definition) is 0. The Kier molecular flexibility index (Phi) is 11.2. The van der Waals surface area contributed by atoms with Gasteiger partial charge in [-0.05, 0) is 123 Å². The van der Waals surface area contributed by atoms with Crippen LogP contribution in [0.1, 0.15) is 58.6 Å². The molecule has 6 rings (SSSR count). The summed E-state index contributed by atoms with van der Waals surface area (Å²) in [7, 11) is 0. The summed E-state index contributed by atoms with van der Waals surface area (Å²) in [5.41, 5.74) is 18.2. The van der Waals surface area contributed by atoms with E-state index in [0.717, 1.165) is 63.4 Å². The van der Waals surface area contributed by atoms with Gasteiger partial charge >= 0.3 is 0 Å². The molecule has 5 aromatic rings. The van der Waals surface area contributed by atoms with Crippen LogP contribution in [-0.4, -0.2) is 0 Å². The molecule has 0 saturated heterocycles. The standard InChI is InChI=1S/C50H48N2/c1-8-12-25-44(36(5)6)47(20-11-4)52(43-30-27-38-21-17-18-22-39(38)33-43)49-31-28-40(34-45(49)37(7)19-10-3)41-29-32-50-46(35-41)48(26-13-9-2)51(50)42-23-15-14-16-24-42/h9-12,14-19,21-35H,2,7-8,13H2,1,3-6H3/b19-10-,25-12-,48-26-. The second kappa shape index (κ2) is 16.3. The van der Waals surface area contributed by atoms with Gasteiger partial charge in [0.15, 0.2) is 0 Å². The summed E-state index contributed by atoms with van der Waals surface area (Å²) < 4.78 is 0. The topological polar surface area (TPSA) is 6.48 Å². The van der Waals surface area contributed by atoms with Crippen LogP contribution < -0.4 is 9.80 Å². The fraction of sp³-hybridized carbons (Fsp3) is 0.140. The maximum absolute atomic E-state index is 4.60. The van der Waals surface area contributed by atoms with Gasteiger partial charge < -0.3 is 9.80 Å². The summed E-state index contributed by atoms with van der Waals surface area (Å²) in [6.07, 6.45) is 16.6. The molecule has 1 aliphatic rings. The number of allylic oxidation sites excluding steroid dienone is 8. The molecule has 52 heavy (non-hydrogen) atoms. The van der Waals surface area contributed by atoms with Crippen LogP contribution in [0.15, 0.2) is 187 Å². The molecule has 0 aliphatic carbocycles. The molecule has 0 bridgehead atoms. The maximum atomic E-state index is 4.60. The maximum Gasteiger partial charge on any atom is 0.0960 e. The Morgan fingerprint density at radius 1 is 0.808 bits per heavy atom. The molecule has 0 spiro atoms. The summed E-state index contributed by atoms with van der Waals surface area (Å²) in [6, 6.07) is 39.4. The van der Waals surface area contributed by atoms with Crippen LogP contribution in [0.3, 0.4) is 0 Å². The number of anilines is 4. The Hall–Kier alpha value is -6.08. The summed E-state index contributed by atoms with van der Waals surface area (Å²) in [6.45, 7) is 19.2. The van der Waals surface area contributed by atoms with Gasteiger partial charge in [0, 0.05) is 28.1 Å². The van der Waals surface area contributed by atoms with E-state index in [1.54, 1.807) is 0 Å². The van der Waals surface area contributed by atoms with Gasteiger partial charge in [-0.1, -0.05) is 122 Å². The van der Waals surface area contributed by atoms with Gasteiger partial charge in [-0.3, -0.25) is 0 Å². The average molecular weight is 677 g/mol. The zero-order chi connectivity index (χ0) is 36.6. The quantitative estimate of drug-likeness (QED) is 0.0737. The van der Waals surface area contributed by atoms with E-state index < -0.39 is 0 Å². The van der Waals surface area contributed by atoms with Crippen LogP contribution in [0.4, 0.5) is 22.7 Å². The van der Waals surface area contributed by atoms with Gasteiger partial charge in [-0.15, -0.1) is 6.58 Å². The fourth-order valence-corrected chi connectivity index (χ4v) is 6.85. The van der Waals surface area contributed by atoms with Crippen LogP contribution >= 0.6 is 0 Å². The highest BCUT2D eigenvalue weighted by atomic mass is 15.2. The first-order valence-corrected chi connectivity index (χ1v) is 18.2. The lowest BCUT2D eigenvalue weighted by atomic mass is 9.90. The molecule has 2 heteroatoms. The second-order valence-corrected chi connectivity index (χ2v) is 13.1. The van der Waals surface area contributed by atoms with Crippen LogP contribution in [0.2, 0.25) is 0 Å². The van der Waals surface area contributed by atoms with E-state index in [9.17, 15) is 0 Å². The number of fused-ring (bicyclic) bond motifs is 2. The second-order valence-electron chi connectivity index (χ2n) is 13.1. The van der Waals surface area contributed by atoms with Crippen molar-refractivity contribution in [3.8, 4) is 11.1 Å². The van der Waals surface area contributed by atoms with Crippen molar-refractivity contribution < 1.29 is 0 Å². The molecule has 0 radical (unpaired) electrons. The van der Waals surface area contributed by atoms with E-state index in [1.807, 2.05) is 26.0 Å². The van der Waals surface area contributed by atoms with Crippen LogP contribution in [0.5, 0.6) is 0 Å². The zero-order valence-electron chi connectivity index (χ0n) is 31.2. The molecule has 1 aliphatic heterocycles. The van der Waals surface area contributed by atoms with E-state index in [1.165, 1.54) is 33.3 Å². The van der Waals surface area contributed by atoms with Crippen molar-refractivity contribution in [2.24, 2.45) is 0 Å². The minimum absolute atomic E-state index is 0.804. The van der Waals surface area contributed by atoms with Crippen LogP contribution in [0, 0.1) is 0 Å². The molecule has 1 heterocycles.